The van der Waals surface area contributed by atoms with Crippen LogP contribution in [0, 0.1) is 11.8 Å². The largest absolute Gasteiger partial charge is 0.339 e. The van der Waals surface area contributed by atoms with Gasteiger partial charge >= 0.3 is 0 Å². The Morgan fingerprint density at radius 3 is 2.28 bits per heavy atom. The Hall–Kier alpha value is -1.89. The van der Waals surface area contributed by atoms with Gasteiger partial charge in [0, 0.05) is 18.7 Å². The molecule has 7 heteroatoms. The lowest BCUT2D eigenvalue weighted by atomic mass is 9.92. The van der Waals surface area contributed by atoms with Crippen LogP contribution >= 0.6 is 12.4 Å². The van der Waals surface area contributed by atoms with E-state index in [0.29, 0.717) is 17.4 Å². The van der Waals surface area contributed by atoms with Gasteiger partial charge < -0.3 is 10.2 Å². The maximum absolute atomic E-state index is 13.0. The minimum atomic E-state index is -3.50. The Bertz CT molecular complexity index is 936. The zero-order valence-electron chi connectivity index (χ0n) is 16.3. The normalized spacial score (nSPS) is 21.7. The van der Waals surface area contributed by atoms with E-state index in [1.807, 2.05) is 23.1 Å². The highest BCUT2D eigenvalue weighted by Crippen LogP contribution is 2.28. The zero-order valence-corrected chi connectivity index (χ0v) is 17.9. The minimum Gasteiger partial charge on any atom is -0.339 e. The van der Waals surface area contributed by atoms with Crippen LogP contribution in [0.5, 0.6) is 0 Å². The Morgan fingerprint density at radius 2 is 1.62 bits per heavy atom. The van der Waals surface area contributed by atoms with Crippen molar-refractivity contribution in [3.8, 4) is 0 Å². The fourth-order valence-electron chi connectivity index (χ4n) is 4.30. The van der Waals surface area contributed by atoms with Crippen LogP contribution in [-0.2, 0) is 15.6 Å². The molecule has 2 heterocycles. The lowest BCUT2D eigenvalue weighted by Gasteiger charge is -2.21. The van der Waals surface area contributed by atoms with Crippen molar-refractivity contribution in [2.24, 2.45) is 11.8 Å². The van der Waals surface area contributed by atoms with E-state index in [1.54, 1.807) is 30.3 Å². The van der Waals surface area contributed by atoms with Gasteiger partial charge in [0.2, 0.25) is 0 Å². The molecule has 156 valence electrons. The highest BCUT2D eigenvalue weighted by atomic mass is 35.5. The summed E-state index contributed by atoms with van der Waals surface area (Å²) in [6, 6.07) is 15.6. The minimum absolute atomic E-state index is 0. The summed E-state index contributed by atoms with van der Waals surface area (Å²) in [6.45, 7) is 3.56. The van der Waals surface area contributed by atoms with Crippen molar-refractivity contribution in [1.29, 1.82) is 0 Å². The highest BCUT2D eigenvalue weighted by Gasteiger charge is 2.31. The number of halogens is 1. The molecule has 0 saturated carbocycles. The summed E-state index contributed by atoms with van der Waals surface area (Å²) < 4.78 is 25.6. The summed E-state index contributed by atoms with van der Waals surface area (Å²) in [6.07, 6.45) is 2.02. The van der Waals surface area contributed by atoms with E-state index in [0.717, 1.165) is 44.6 Å². The number of nitrogens with zero attached hydrogens (tertiary/aromatic N) is 1. The smallest absolute Gasteiger partial charge is 0.253 e. The molecule has 0 radical (unpaired) electrons. The molecule has 0 spiro atoms. The molecule has 4 rings (SSSR count). The molecule has 0 aliphatic carbocycles. The summed E-state index contributed by atoms with van der Waals surface area (Å²) >= 11 is 0. The third-order valence-electron chi connectivity index (χ3n) is 5.95. The second kappa shape index (κ2) is 9.28. The second-order valence-corrected chi connectivity index (χ2v) is 9.81. The molecule has 2 aromatic rings. The number of rotatable bonds is 4. The summed E-state index contributed by atoms with van der Waals surface area (Å²) in [4.78, 5) is 15.1. The molecule has 1 amide bonds. The topological polar surface area (TPSA) is 66.5 Å². The maximum Gasteiger partial charge on any atom is 0.253 e. The van der Waals surface area contributed by atoms with Gasteiger partial charge in [-0.2, -0.15) is 0 Å². The fourth-order valence-corrected chi connectivity index (χ4v) is 5.69. The van der Waals surface area contributed by atoms with Crippen molar-refractivity contribution in [2.45, 2.75) is 23.5 Å². The number of likely N-dealkylation sites (tertiary alicyclic amines) is 1. The number of sulfone groups is 1. The number of carbonyl (C=O) groups excluding carboxylic acids is 1. The lowest BCUT2D eigenvalue weighted by Crippen LogP contribution is -2.32. The Balaban J connectivity index is 0.00000240. The van der Waals surface area contributed by atoms with Crippen LogP contribution in [0.25, 0.3) is 0 Å². The van der Waals surface area contributed by atoms with Crippen LogP contribution in [0.15, 0.2) is 59.5 Å². The van der Waals surface area contributed by atoms with Gasteiger partial charge in [0.1, 0.15) is 0 Å². The molecule has 0 bridgehead atoms. The van der Waals surface area contributed by atoms with Gasteiger partial charge in [-0.25, -0.2) is 8.42 Å². The van der Waals surface area contributed by atoms with E-state index in [4.69, 9.17) is 0 Å². The average molecular weight is 435 g/mol. The second-order valence-electron chi connectivity index (χ2n) is 7.82. The molecular formula is C22H27ClN2O3S. The molecule has 0 unspecified atom stereocenters. The van der Waals surface area contributed by atoms with Crippen LogP contribution < -0.4 is 5.32 Å². The number of benzene rings is 2. The van der Waals surface area contributed by atoms with Crippen molar-refractivity contribution < 1.29 is 13.2 Å². The summed E-state index contributed by atoms with van der Waals surface area (Å²) in [5.41, 5.74) is 1.20. The van der Waals surface area contributed by atoms with E-state index in [2.05, 4.69) is 5.32 Å². The van der Waals surface area contributed by atoms with E-state index in [1.165, 1.54) is 6.07 Å². The SMILES string of the molecule is Cl.O=C(c1cccc(S(=O)(=O)Cc2ccccc2)c1)N1CC[C@@H]2CNC[C@@H]2CC1. The van der Waals surface area contributed by atoms with Gasteiger partial charge in [0.25, 0.3) is 5.91 Å². The Morgan fingerprint density at radius 1 is 0.966 bits per heavy atom. The highest BCUT2D eigenvalue weighted by molar-refractivity contribution is 7.90. The first-order chi connectivity index (χ1) is 13.5. The van der Waals surface area contributed by atoms with Crippen LogP contribution in [0.2, 0.25) is 0 Å². The molecule has 5 nitrogen and oxygen atoms in total. The van der Waals surface area contributed by atoms with Crippen LogP contribution in [-0.4, -0.2) is 45.4 Å². The maximum atomic E-state index is 13.0. The standard InChI is InChI=1S/C22H26N2O3S.ClH/c25-22(24-11-9-19-14-23-15-20(19)10-12-24)18-7-4-8-21(13-18)28(26,27)16-17-5-2-1-3-6-17;/h1-8,13,19-20,23H,9-12,14-16H2;1H/t19-,20+;. The number of hydrogen-bond donors (Lipinski definition) is 1. The first kappa shape index (κ1) is 21.8. The van der Waals surface area contributed by atoms with Gasteiger partial charge in [-0.15, -0.1) is 12.4 Å². The molecular weight excluding hydrogens is 408 g/mol. The lowest BCUT2D eigenvalue weighted by molar-refractivity contribution is 0.0758. The summed E-state index contributed by atoms with van der Waals surface area (Å²) in [5, 5.41) is 3.44. The van der Waals surface area contributed by atoms with Crippen molar-refractivity contribution in [3.63, 3.8) is 0 Å². The monoisotopic (exact) mass is 434 g/mol. The van der Waals surface area contributed by atoms with Crippen LogP contribution in [0.3, 0.4) is 0 Å². The van der Waals surface area contributed by atoms with E-state index in [9.17, 15) is 13.2 Å². The summed E-state index contributed by atoms with van der Waals surface area (Å²) in [7, 11) is -3.50. The zero-order chi connectivity index (χ0) is 19.6. The molecule has 2 aliphatic heterocycles. The van der Waals surface area contributed by atoms with Gasteiger partial charge in [-0.05, 0) is 61.5 Å². The van der Waals surface area contributed by atoms with Gasteiger partial charge in [0.05, 0.1) is 10.6 Å². The Labute approximate surface area is 178 Å². The predicted molar refractivity (Wildman–Crippen MR) is 116 cm³/mol. The third kappa shape index (κ3) is 5.00. The number of amides is 1. The molecule has 2 aliphatic rings. The van der Waals surface area contributed by atoms with Crippen molar-refractivity contribution >= 4 is 28.2 Å². The van der Waals surface area contributed by atoms with Gasteiger partial charge in [-0.1, -0.05) is 36.4 Å². The first-order valence-corrected chi connectivity index (χ1v) is 11.5. The number of carbonyl (C=O) groups is 1. The van der Waals surface area contributed by atoms with Crippen molar-refractivity contribution in [1.82, 2.24) is 10.2 Å². The van der Waals surface area contributed by atoms with Crippen LogP contribution in [0.4, 0.5) is 0 Å². The molecule has 2 saturated heterocycles. The van der Waals surface area contributed by atoms with E-state index >= 15 is 0 Å². The van der Waals surface area contributed by atoms with E-state index < -0.39 is 9.84 Å². The van der Waals surface area contributed by atoms with Crippen molar-refractivity contribution in [2.75, 3.05) is 26.2 Å². The van der Waals surface area contributed by atoms with E-state index in [-0.39, 0.29) is 29.0 Å². The third-order valence-corrected chi connectivity index (χ3v) is 7.63. The van der Waals surface area contributed by atoms with Crippen molar-refractivity contribution in [3.05, 3.63) is 65.7 Å². The molecule has 29 heavy (non-hydrogen) atoms. The average Bonchev–Trinajstić information content (AvgIpc) is 3.06. The molecule has 0 aromatic heterocycles. The molecule has 2 fully saturated rings. The predicted octanol–water partition coefficient (Wildman–Crippen LogP) is 3.15. The van der Waals surface area contributed by atoms with Gasteiger partial charge in [0.15, 0.2) is 9.84 Å². The number of nitrogens with one attached hydrogen (secondary N) is 1. The van der Waals surface area contributed by atoms with Gasteiger partial charge in [-0.3, -0.25) is 4.79 Å². The van der Waals surface area contributed by atoms with Crippen LogP contribution in [0.1, 0.15) is 28.8 Å². The number of fused-ring (bicyclic) bond motifs is 1. The fraction of sp³-hybridized carbons (Fsp3) is 0.409. The molecule has 2 atom stereocenters. The number of hydrogen-bond acceptors (Lipinski definition) is 4. The molecule has 1 N–H and O–H groups in total. The quantitative estimate of drug-likeness (QED) is 0.802. The first-order valence-electron chi connectivity index (χ1n) is 9.90. The summed E-state index contributed by atoms with van der Waals surface area (Å²) in [5.74, 6) is 1.17. The Kier molecular flexibility index (Phi) is 6.98. The molecule has 2 aromatic carbocycles.